The van der Waals surface area contributed by atoms with Gasteiger partial charge in [0.2, 0.25) is 10.0 Å². The number of hydrogen-bond donors (Lipinski definition) is 2. The summed E-state index contributed by atoms with van der Waals surface area (Å²) in [6, 6.07) is 10.9. The van der Waals surface area contributed by atoms with Gasteiger partial charge in [0, 0.05) is 11.1 Å². The third-order valence-corrected chi connectivity index (χ3v) is 5.61. The summed E-state index contributed by atoms with van der Waals surface area (Å²) in [5, 5.41) is 3.18. The Balaban J connectivity index is 1.69. The van der Waals surface area contributed by atoms with Crippen LogP contribution in [0.15, 0.2) is 47.4 Å². The van der Waals surface area contributed by atoms with Crippen molar-refractivity contribution in [1.82, 2.24) is 4.72 Å². The van der Waals surface area contributed by atoms with E-state index in [1.807, 2.05) is 0 Å². The molecule has 0 aliphatic heterocycles. The molecule has 9 heteroatoms. The van der Waals surface area contributed by atoms with Gasteiger partial charge in [0.05, 0.1) is 17.7 Å². The average Bonchev–Trinajstić information content (AvgIpc) is 3.44. The second kappa shape index (κ2) is 8.16. The van der Waals surface area contributed by atoms with Crippen molar-refractivity contribution in [3.8, 4) is 11.5 Å². The number of carbonyl (C=O) groups excluding carboxylic acids is 1. The second-order valence-corrected chi connectivity index (χ2v) is 8.20. The van der Waals surface area contributed by atoms with Gasteiger partial charge >= 0.3 is 0 Å². The molecule has 1 fully saturated rings. The Morgan fingerprint density at radius 1 is 1.19 bits per heavy atom. The maximum atomic E-state index is 12.4. The number of halogens is 1. The third kappa shape index (κ3) is 5.35. The van der Waals surface area contributed by atoms with E-state index in [1.54, 1.807) is 24.3 Å². The van der Waals surface area contributed by atoms with Crippen LogP contribution in [0.3, 0.4) is 0 Å². The van der Waals surface area contributed by atoms with Crippen LogP contribution in [0.5, 0.6) is 11.5 Å². The summed E-state index contributed by atoms with van der Waals surface area (Å²) in [6.45, 7) is -0.248. The Bertz CT molecular complexity index is 927. The van der Waals surface area contributed by atoms with Crippen LogP contribution in [0.1, 0.15) is 12.8 Å². The van der Waals surface area contributed by atoms with Crippen LogP contribution in [0.4, 0.5) is 5.69 Å². The van der Waals surface area contributed by atoms with E-state index in [0.29, 0.717) is 16.5 Å². The van der Waals surface area contributed by atoms with Crippen molar-refractivity contribution in [2.24, 2.45) is 0 Å². The van der Waals surface area contributed by atoms with E-state index in [1.165, 1.54) is 25.3 Å². The van der Waals surface area contributed by atoms with Gasteiger partial charge in [0.1, 0.15) is 11.5 Å². The summed E-state index contributed by atoms with van der Waals surface area (Å²) in [4.78, 5) is 12.2. The van der Waals surface area contributed by atoms with Crippen LogP contribution in [0.2, 0.25) is 5.02 Å². The molecule has 144 valence electrons. The molecule has 7 nitrogen and oxygen atoms in total. The molecular formula is C18H19ClN2O5S. The molecule has 0 spiro atoms. The smallest absolute Gasteiger partial charge is 0.262 e. The first-order chi connectivity index (χ1) is 12.9. The van der Waals surface area contributed by atoms with Crippen LogP contribution in [0, 0.1) is 0 Å². The summed E-state index contributed by atoms with van der Waals surface area (Å²) in [5.74, 6) is 0.389. The van der Waals surface area contributed by atoms with Crippen LogP contribution in [-0.2, 0) is 14.8 Å². The number of sulfonamides is 1. The van der Waals surface area contributed by atoms with Gasteiger partial charge < -0.3 is 14.8 Å². The van der Waals surface area contributed by atoms with Crippen molar-refractivity contribution in [2.45, 2.75) is 23.8 Å². The third-order valence-electron chi connectivity index (χ3n) is 3.84. The molecule has 0 radical (unpaired) electrons. The molecule has 0 aromatic heterocycles. The number of benzene rings is 2. The number of hydrogen-bond acceptors (Lipinski definition) is 5. The van der Waals surface area contributed by atoms with Gasteiger partial charge in [-0.1, -0.05) is 11.6 Å². The van der Waals surface area contributed by atoms with Gasteiger partial charge in [-0.3, -0.25) is 4.79 Å². The number of rotatable bonds is 8. The number of amides is 1. The van der Waals surface area contributed by atoms with Crippen molar-refractivity contribution >= 4 is 33.2 Å². The van der Waals surface area contributed by atoms with E-state index < -0.39 is 15.9 Å². The molecule has 2 N–H and O–H groups in total. The predicted octanol–water partition coefficient (Wildman–Crippen LogP) is 2.81. The highest BCUT2D eigenvalue weighted by atomic mass is 35.5. The molecular weight excluding hydrogens is 392 g/mol. The van der Waals surface area contributed by atoms with E-state index in [9.17, 15) is 13.2 Å². The van der Waals surface area contributed by atoms with Gasteiger partial charge in [-0.05, 0) is 55.3 Å². The summed E-state index contributed by atoms with van der Waals surface area (Å²) < 4.78 is 37.9. The Morgan fingerprint density at radius 2 is 1.89 bits per heavy atom. The Hall–Kier alpha value is -2.29. The molecule has 0 unspecified atom stereocenters. The molecule has 2 aromatic carbocycles. The number of methoxy groups -OCH3 is 1. The summed E-state index contributed by atoms with van der Waals surface area (Å²) in [5.41, 5.74) is 0.251. The fourth-order valence-corrected chi connectivity index (χ4v) is 3.76. The highest BCUT2D eigenvalue weighted by Crippen LogP contribution is 2.29. The van der Waals surface area contributed by atoms with E-state index in [0.717, 1.165) is 12.8 Å². The van der Waals surface area contributed by atoms with Gasteiger partial charge in [0.25, 0.3) is 5.91 Å². The Kier molecular flexibility index (Phi) is 5.88. The largest absolute Gasteiger partial charge is 0.495 e. The number of carbonyl (C=O) groups is 1. The molecule has 27 heavy (non-hydrogen) atoms. The first-order valence-corrected chi connectivity index (χ1v) is 10.1. The molecule has 3 rings (SSSR count). The minimum atomic E-state index is -3.64. The van der Waals surface area contributed by atoms with Crippen molar-refractivity contribution in [2.75, 3.05) is 19.0 Å². The highest BCUT2D eigenvalue weighted by molar-refractivity contribution is 7.89. The van der Waals surface area contributed by atoms with E-state index in [-0.39, 0.29) is 23.2 Å². The zero-order valence-electron chi connectivity index (χ0n) is 14.6. The minimum absolute atomic E-state index is 0.0112. The lowest BCUT2D eigenvalue weighted by Crippen LogP contribution is -2.26. The molecule has 0 saturated heterocycles. The fraction of sp³-hybridized carbons (Fsp3) is 0.278. The lowest BCUT2D eigenvalue weighted by Gasteiger charge is -2.13. The van der Waals surface area contributed by atoms with Gasteiger partial charge in [-0.2, -0.15) is 0 Å². The molecule has 1 aliphatic carbocycles. The van der Waals surface area contributed by atoms with Gasteiger partial charge in [-0.25, -0.2) is 13.1 Å². The van der Waals surface area contributed by atoms with E-state index in [2.05, 4.69) is 10.0 Å². The van der Waals surface area contributed by atoms with Crippen LogP contribution in [-0.4, -0.2) is 34.1 Å². The SMILES string of the molecule is COc1ccc(S(=O)(=O)NC2CC2)cc1NC(=O)COc1ccc(Cl)cc1. The normalized spacial score (nSPS) is 13.9. The molecule has 1 aliphatic rings. The molecule has 0 atom stereocenters. The fourth-order valence-electron chi connectivity index (χ4n) is 2.31. The molecule has 0 heterocycles. The average molecular weight is 411 g/mol. The van der Waals surface area contributed by atoms with Gasteiger partial charge in [0.15, 0.2) is 6.61 Å². The second-order valence-electron chi connectivity index (χ2n) is 6.05. The monoisotopic (exact) mass is 410 g/mol. The quantitative estimate of drug-likeness (QED) is 0.697. The van der Waals surface area contributed by atoms with Crippen molar-refractivity contribution in [1.29, 1.82) is 0 Å². The first-order valence-electron chi connectivity index (χ1n) is 8.26. The van der Waals surface area contributed by atoms with Crippen molar-refractivity contribution in [3.63, 3.8) is 0 Å². The maximum Gasteiger partial charge on any atom is 0.262 e. The zero-order valence-corrected chi connectivity index (χ0v) is 16.1. The number of nitrogens with one attached hydrogen (secondary N) is 2. The lowest BCUT2D eigenvalue weighted by molar-refractivity contribution is -0.118. The van der Waals surface area contributed by atoms with Crippen LogP contribution >= 0.6 is 11.6 Å². The standard InChI is InChI=1S/C18H19ClN2O5S/c1-25-17-9-8-15(27(23,24)21-13-4-5-13)10-16(17)20-18(22)11-26-14-6-2-12(19)3-7-14/h2-3,6-10,13,21H,4-5,11H2,1H3,(H,20,22). The first kappa shape index (κ1) is 19.5. The summed E-state index contributed by atoms with van der Waals surface area (Å²) in [7, 11) is -2.20. The van der Waals surface area contributed by atoms with E-state index in [4.69, 9.17) is 21.1 Å². The highest BCUT2D eigenvalue weighted by Gasteiger charge is 2.28. The Labute approximate surface area is 162 Å². The molecule has 1 saturated carbocycles. The van der Waals surface area contributed by atoms with Crippen LogP contribution < -0.4 is 19.5 Å². The minimum Gasteiger partial charge on any atom is -0.495 e. The Morgan fingerprint density at radius 3 is 2.52 bits per heavy atom. The van der Waals surface area contributed by atoms with Crippen molar-refractivity contribution < 1.29 is 22.7 Å². The lowest BCUT2D eigenvalue weighted by atomic mass is 10.3. The zero-order chi connectivity index (χ0) is 19.4. The maximum absolute atomic E-state index is 12.4. The molecule has 2 aromatic rings. The molecule has 0 bridgehead atoms. The molecule has 1 amide bonds. The topological polar surface area (TPSA) is 93.7 Å². The van der Waals surface area contributed by atoms with E-state index >= 15 is 0 Å². The van der Waals surface area contributed by atoms with Gasteiger partial charge in [-0.15, -0.1) is 0 Å². The summed E-state index contributed by atoms with van der Waals surface area (Å²) >= 11 is 5.80. The van der Waals surface area contributed by atoms with Crippen molar-refractivity contribution in [3.05, 3.63) is 47.5 Å². The number of ether oxygens (including phenoxy) is 2. The van der Waals surface area contributed by atoms with Crippen LogP contribution in [0.25, 0.3) is 0 Å². The summed E-state index contributed by atoms with van der Waals surface area (Å²) in [6.07, 6.45) is 1.67. The predicted molar refractivity (Wildman–Crippen MR) is 102 cm³/mol. The number of anilines is 1.